The van der Waals surface area contributed by atoms with Crippen molar-refractivity contribution in [2.45, 2.75) is 89.7 Å². The lowest BCUT2D eigenvalue weighted by Gasteiger charge is -2.64. The van der Waals surface area contributed by atoms with E-state index >= 15 is 0 Å². The quantitative estimate of drug-likeness (QED) is 0.327. The smallest absolute Gasteiger partial charge is 0.338 e. The second-order valence-electron chi connectivity index (χ2n) is 13.0. The normalized spacial score (nSPS) is 33.5. The minimum absolute atomic E-state index is 0.0411. The molecule has 2 aliphatic carbocycles. The van der Waals surface area contributed by atoms with Gasteiger partial charge < -0.3 is 33.5 Å². The minimum Gasteiger partial charge on any atom is -0.465 e. The van der Waals surface area contributed by atoms with E-state index in [-0.39, 0.29) is 17.5 Å². The van der Waals surface area contributed by atoms with E-state index in [2.05, 4.69) is 0 Å². The highest BCUT2D eigenvalue weighted by atomic mass is 16.6. The van der Waals surface area contributed by atoms with E-state index < -0.39 is 95.4 Å². The Morgan fingerprint density at radius 3 is 1.79 bits per heavy atom. The summed E-state index contributed by atoms with van der Waals surface area (Å²) in [6.07, 6.45) is -7.03. The van der Waals surface area contributed by atoms with Gasteiger partial charge in [0.25, 0.3) is 0 Å². The van der Waals surface area contributed by atoms with Crippen molar-refractivity contribution in [3.8, 4) is 0 Å². The van der Waals surface area contributed by atoms with Gasteiger partial charge in [-0.15, -0.1) is 0 Å². The molecule has 1 saturated heterocycles. The minimum atomic E-state index is -1.96. The zero-order chi connectivity index (χ0) is 34.3. The molecule has 0 aromatic heterocycles. The number of hydrogen-bond donors (Lipinski definition) is 1. The van der Waals surface area contributed by atoms with Gasteiger partial charge in [-0.1, -0.05) is 43.3 Å². The molecule has 47 heavy (non-hydrogen) atoms. The van der Waals surface area contributed by atoms with E-state index in [1.54, 1.807) is 81.4 Å². The third-order valence-corrected chi connectivity index (χ3v) is 9.69. The summed E-state index contributed by atoms with van der Waals surface area (Å²) in [5.41, 5.74) is -4.48. The SMILES string of the molecule is CC(=O)OC[C@]12[C@H](OC(C)=O)[C@H](OC(=O)c3ccccc3)[C@H]3[C@@H](O)[C@]1(OC3(C)C)[C@@H](C)C[C@H](OC(=O)c1ccccc1)[C@@H]2OC(C)=O. The third-order valence-electron chi connectivity index (χ3n) is 9.69. The molecule has 0 unspecified atom stereocenters. The van der Waals surface area contributed by atoms with Gasteiger partial charge in [-0.25, -0.2) is 9.59 Å². The molecule has 2 aromatic rings. The van der Waals surface area contributed by atoms with Gasteiger partial charge in [0.2, 0.25) is 0 Å². The number of carbonyl (C=O) groups is 5. The van der Waals surface area contributed by atoms with Crippen molar-refractivity contribution < 1.29 is 57.5 Å². The van der Waals surface area contributed by atoms with Crippen LogP contribution in [0.15, 0.2) is 60.7 Å². The summed E-state index contributed by atoms with van der Waals surface area (Å²) in [7, 11) is 0. The molecule has 12 nitrogen and oxygen atoms in total. The van der Waals surface area contributed by atoms with E-state index in [0.717, 1.165) is 13.8 Å². The molecule has 1 aliphatic heterocycles. The third kappa shape index (κ3) is 5.78. The Bertz CT molecular complexity index is 1520. The molecule has 0 radical (unpaired) electrons. The van der Waals surface area contributed by atoms with Crippen molar-refractivity contribution in [3.63, 3.8) is 0 Å². The standard InChI is InChI=1S/C35H40O12/c1-19-17-25(45-31(40)23-13-9-7-10-14-23)29(43-21(3)37)34(18-42-20(2)36)30(44-22(4)38)27(46-32(41)24-15-11-8-12-16-24)26-28(39)35(19,34)47-33(26,5)6/h7-16,19,25-30,39H,17-18H2,1-6H3/t19-,25-,26-,27+,28+,29-,30+,34-,35+/m0/s1. The Morgan fingerprint density at radius 1 is 0.766 bits per heavy atom. The number of fused-ring (bicyclic) bond motifs is 1. The lowest BCUT2D eigenvalue weighted by atomic mass is 9.47. The molecule has 1 spiro atoms. The van der Waals surface area contributed by atoms with Crippen LogP contribution in [0.25, 0.3) is 0 Å². The van der Waals surface area contributed by atoms with Crippen molar-refractivity contribution in [2.24, 2.45) is 17.3 Å². The summed E-state index contributed by atoms with van der Waals surface area (Å²) in [5, 5.41) is 12.4. The molecule has 3 fully saturated rings. The Labute approximate surface area is 272 Å². The summed E-state index contributed by atoms with van der Waals surface area (Å²) >= 11 is 0. The Kier molecular flexibility index (Phi) is 9.22. The van der Waals surface area contributed by atoms with Gasteiger partial charge in [-0.3, -0.25) is 14.4 Å². The van der Waals surface area contributed by atoms with Crippen molar-refractivity contribution in [3.05, 3.63) is 71.8 Å². The number of benzene rings is 2. The fourth-order valence-corrected chi connectivity index (χ4v) is 8.07. The van der Waals surface area contributed by atoms with Crippen LogP contribution in [0.5, 0.6) is 0 Å². The molecule has 1 N–H and O–H groups in total. The predicted molar refractivity (Wildman–Crippen MR) is 163 cm³/mol. The lowest BCUT2D eigenvalue weighted by Crippen LogP contribution is -2.81. The molecule has 252 valence electrons. The number of ether oxygens (including phenoxy) is 6. The maximum Gasteiger partial charge on any atom is 0.338 e. The molecule has 1 heterocycles. The fourth-order valence-electron chi connectivity index (χ4n) is 8.07. The summed E-state index contributed by atoms with van der Waals surface area (Å²) in [6.45, 7) is 8.02. The average molecular weight is 653 g/mol. The molecular weight excluding hydrogens is 612 g/mol. The van der Waals surface area contributed by atoms with Gasteiger partial charge in [-0.2, -0.15) is 0 Å². The van der Waals surface area contributed by atoms with Crippen molar-refractivity contribution in [1.82, 2.24) is 0 Å². The van der Waals surface area contributed by atoms with Crippen LogP contribution in [0.4, 0.5) is 0 Å². The zero-order valence-corrected chi connectivity index (χ0v) is 27.2. The number of hydrogen-bond acceptors (Lipinski definition) is 12. The second-order valence-corrected chi connectivity index (χ2v) is 13.0. The number of esters is 5. The Balaban J connectivity index is 1.75. The topological polar surface area (TPSA) is 161 Å². The molecule has 12 heteroatoms. The van der Waals surface area contributed by atoms with E-state index in [1.807, 2.05) is 0 Å². The summed E-state index contributed by atoms with van der Waals surface area (Å²) in [4.78, 5) is 65.4. The van der Waals surface area contributed by atoms with Crippen molar-refractivity contribution in [2.75, 3.05) is 6.61 Å². The molecule has 2 bridgehead atoms. The zero-order valence-electron chi connectivity index (χ0n) is 27.2. The van der Waals surface area contributed by atoms with Gasteiger partial charge in [0.1, 0.15) is 29.8 Å². The first kappa shape index (κ1) is 34.1. The Morgan fingerprint density at radius 2 is 1.28 bits per heavy atom. The van der Waals surface area contributed by atoms with Gasteiger partial charge in [-0.05, 0) is 50.5 Å². The van der Waals surface area contributed by atoms with Gasteiger partial charge in [0.05, 0.1) is 28.7 Å². The molecule has 0 amide bonds. The van der Waals surface area contributed by atoms with Crippen LogP contribution in [0.1, 0.15) is 68.7 Å². The highest BCUT2D eigenvalue weighted by molar-refractivity contribution is 5.90. The summed E-state index contributed by atoms with van der Waals surface area (Å²) in [5.74, 6) is -5.47. The van der Waals surface area contributed by atoms with Gasteiger partial charge in [0.15, 0.2) is 12.2 Å². The van der Waals surface area contributed by atoms with Crippen LogP contribution >= 0.6 is 0 Å². The van der Waals surface area contributed by atoms with Crippen molar-refractivity contribution in [1.29, 1.82) is 0 Å². The molecule has 9 atom stereocenters. The van der Waals surface area contributed by atoms with Crippen molar-refractivity contribution >= 4 is 29.8 Å². The number of carbonyl (C=O) groups excluding carboxylic acids is 5. The largest absolute Gasteiger partial charge is 0.465 e. The van der Waals surface area contributed by atoms with E-state index in [1.165, 1.54) is 6.92 Å². The Hall–Kier alpha value is -4.29. The maximum atomic E-state index is 13.6. The maximum absolute atomic E-state index is 13.6. The van der Waals surface area contributed by atoms with E-state index in [0.29, 0.717) is 0 Å². The van der Waals surface area contributed by atoms with Gasteiger partial charge >= 0.3 is 29.8 Å². The lowest BCUT2D eigenvalue weighted by molar-refractivity contribution is -0.328. The number of aliphatic hydroxyl groups is 1. The first-order valence-corrected chi connectivity index (χ1v) is 15.5. The average Bonchev–Trinajstić information content (AvgIpc) is 3.19. The van der Waals surface area contributed by atoms with Crippen LogP contribution in [0.3, 0.4) is 0 Å². The second kappa shape index (κ2) is 12.7. The molecule has 2 saturated carbocycles. The predicted octanol–water partition coefficient (Wildman–Crippen LogP) is 3.43. The molecule has 2 aromatic carbocycles. The van der Waals surface area contributed by atoms with Crippen LogP contribution in [0.2, 0.25) is 0 Å². The highest BCUT2D eigenvalue weighted by Gasteiger charge is 2.84. The van der Waals surface area contributed by atoms with E-state index in [4.69, 9.17) is 28.4 Å². The van der Waals surface area contributed by atoms with Crippen LogP contribution in [-0.2, 0) is 42.8 Å². The van der Waals surface area contributed by atoms with Crippen LogP contribution < -0.4 is 0 Å². The van der Waals surface area contributed by atoms with Crippen LogP contribution in [0, 0.1) is 17.3 Å². The van der Waals surface area contributed by atoms with E-state index in [9.17, 15) is 29.1 Å². The first-order chi connectivity index (χ1) is 22.2. The first-order valence-electron chi connectivity index (χ1n) is 15.5. The molecular formula is C35H40O12. The number of rotatable bonds is 8. The summed E-state index contributed by atoms with van der Waals surface area (Å²) < 4.78 is 36.7. The highest BCUT2D eigenvalue weighted by Crippen LogP contribution is 2.68. The fraction of sp³-hybridized carbons (Fsp3) is 0.514. The summed E-state index contributed by atoms with van der Waals surface area (Å²) in [6, 6.07) is 16.3. The molecule has 3 aliphatic rings. The monoisotopic (exact) mass is 652 g/mol. The number of aliphatic hydroxyl groups excluding tert-OH is 1. The molecule has 5 rings (SSSR count). The van der Waals surface area contributed by atoms with Crippen LogP contribution in [-0.4, -0.2) is 83.3 Å². The van der Waals surface area contributed by atoms with Gasteiger partial charge in [0, 0.05) is 20.8 Å².